The number of ether oxygens (including phenoxy) is 1. The second-order valence-electron chi connectivity index (χ2n) is 5.76. The van der Waals surface area contributed by atoms with Crippen molar-refractivity contribution in [2.45, 2.75) is 19.4 Å². The molecule has 0 amide bonds. The average Bonchev–Trinajstić information content (AvgIpc) is 3.08. The Morgan fingerprint density at radius 2 is 2.32 bits per heavy atom. The summed E-state index contributed by atoms with van der Waals surface area (Å²) in [6, 6.07) is 1.73. The van der Waals surface area contributed by atoms with Gasteiger partial charge in [-0.3, -0.25) is 15.0 Å². The Bertz CT molecular complexity index is 632. The molecule has 2 aromatic rings. The smallest absolute Gasteiger partial charge is 0.155 e. The fourth-order valence-electron chi connectivity index (χ4n) is 3.06. The van der Waals surface area contributed by atoms with Crippen LogP contribution in [0.15, 0.2) is 18.5 Å². The van der Waals surface area contributed by atoms with Crippen LogP contribution in [0.5, 0.6) is 0 Å². The highest BCUT2D eigenvalue weighted by Crippen LogP contribution is 2.32. The van der Waals surface area contributed by atoms with Crippen molar-refractivity contribution in [3.05, 3.63) is 41.5 Å². The Morgan fingerprint density at radius 1 is 1.45 bits per heavy atom. The van der Waals surface area contributed by atoms with Crippen LogP contribution in [0.1, 0.15) is 23.1 Å². The van der Waals surface area contributed by atoms with Gasteiger partial charge in [-0.25, -0.2) is 9.37 Å². The molecule has 6 nitrogen and oxygen atoms in total. The molecular formula is C15H20FN5O. The fourth-order valence-corrected chi connectivity index (χ4v) is 3.06. The number of aryl methyl sites for hydroxylation is 1. The summed E-state index contributed by atoms with van der Waals surface area (Å²) in [5.74, 6) is 1.88. The van der Waals surface area contributed by atoms with Gasteiger partial charge in [0.05, 0.1) is 12.8 Å². The molecule has 1 saturated heterocycles. The van der Waals surface area contributed by atoms with Gasteiger partial charge in [-0.1, -0.05) is 0 Å². The van der Waals surface area contributed by atoms with Gasteiger partial charge in [0, 0.05) is 50.3 Å². The van der Waals surface area contributed by atoms with Gasteiger partial charge in [0.2, 0.25) is 0 Å². The molecule has 2 atom stereocenters. The molecule has 7 heteroatoms. The Kier molecular flexibility index (Phi) is 4.44. The Morgan fingerprint density at radius 3 is 3.00 bits per heavy atom. The number of pyridine rings is 1. The molecule has 0 spiro atoms. The predicted octanol–water partition coefficient (Wildman–Crippen LogP) is 1.51. The molecule has 0 bridgehead atoms. The zero-order valence-corrected chi connectivity index (χ0v) is 12.8. The first-order chi connectivity index (χ1) is 10.7. The van der Waals surface area contributed by atoms with Crippen molar-refractivity contribution in [1.29, 1.82) is 0 Å². The molecule has 118 valence electrons. The highest BCUT2D eigenvalue weighted by atomic mass is 19.1. The van der Waals surface area contributed by atoms with E-state index in [2.05, 4.69) is 25.1 Å². The molecule has 1 aliphatic rings. The molecule has 0 aromatic carbocycles. The first kappa shape index (κ1) is 15.1. The highest BCUT2D eigenvalue weighted by molar-refractivity contribution is 5.14. The molecule has 2 aromatic heterocycles. The zero-order chi connectivity index (χ0) is 15.5. The van der Waals surface area contributed by atoms with Crippen molar-refractivity contribution < 1.29 is 9.13 Å². The van der Waals surface area contributed by atoms with E-state index in [9.17, 15) is 4.39 Å². The molecule has 3 heterocycles. The summed E-state index contributed by atoms with van der Waals surface area (Å²) in [7, 11) is 1.70. The van der Waals surface area contributed by atoms with Gasteiger partial charge < -0.3 is 4.74 Å². The lowest BCUT2D eigenvalue weighted by Gasteiger charge is -2.15. The van der Waals surface area contributed by atoms with Crippen molar-refractivity contribution in [3.8, 4) is 0 Å². The Balaban J connectivity index is 1.74. The van der Waals surface area contributed by atoms with Crippen LogP contribution < -0.4 is 0 Å². The minimum Gasteiger partial charge on any atom is -0.384 e. The van der Waals surface area contributed by atoms with Crippen LogP contribution in [0.4, 0.5) is 4.39 Å². The number of halogens is 1. The first-order valence-electron chi connectivity index (χ1n) is 7.36. The van der Waals surface area contributed by atoms with Gasteiger partial charge in [0.15, 0.2) is 5.82 Å². The summed E-state index contributed by atoms with van der Waals surface area (Å²) in [6.45, 7) is 4.74. The van der Waals surface area contributed by atoms with Crippen molar-refractivity contribution in [2.75, 3.05) is 26.8 Å². The standard InChI is InChI=1S/C15H20FN5O/c1-10-18-15(20-19-10)13-8-21(7-12(13)9-22-2)6-11-3-4-17-5-14(11)16/h3-5,12-13H,6-9H2,1-2H3,(H,18,19,20)/t12-,13+/m0/s1. The third kappa shape index (κ3) is 3.15. The van der Waals surface area contributed by atoms with E-state index < -0.39 is 0 Å². The van der Waals surface area contributed by atoms with Crippen LogP contribution in [-0.2, 0) is 11.3 Å². The van der Waals surface area contributed by atoms with Crippen LogP contribution in [0.3, 0.4) is 0 Å². The van der Waals surface area contributed by atoms with E-state index in [1.807, 2.05) is 6.92 Å². The van der Waals surface area contributed by atoms with Crippen molar-refractivity contribution in [3.63, 3.8) is 0 Å². The maximum absolute atomic E-state index is 13.8. The number of nitrogens with zero attached hydrogens (tertiary/aromatic N) is 4. The highest BCUT2D eigenvalue weighted by Gasteiger charge is 2.36. The lowest BCUT2D eigenvalue weighted by molar-refractivity contribution is 0.146. The number of rotatable bonds is 5. The van der Waals surface area contributed by atoms with E-state index in [0.717, 1.165) is 24.7 Å². The van der Waals surface area contributed by atoms with E-state index in [1.54, 1.807) is 19.4 Å². The average molecular weight is 305 g/mol. The fraction of sp³-hybridized carbons (Fsp3) is 0.533. The van der Waals surface area contributed by atoms with Crippen LogP contribution in [-0.4, -0.2) is 51.9 Å². The van der Waals surface area contributed by atoms with E-state index in [-0.39, 0.29) is 11.7 Å². The van der Waals surface area contributed by atoms with E-state index in [0.29, 0.717) is 24.6 Å². The monoisotopic (exact) mass is 305 g/mol. The third-order valence-corrected chi connectivity index (χ3v) is 4.09. The minimum atomic E-state index is -0.261. The lowest BCUT2D eigenvalue weighted by atomic mass is 9.96. The normalized spacial score (nSPS) is 22.3. The number of aromatic nitrogens is 4. The van der Waals surface area contributed by atoms with Crippen LogP contribution >= 0.6 is 0 Å². The van der Waals surface area contributed by atoms with Gasteiger partial charge in [0.25, 0.3) is 0 Å². The summed E-state index contributed by atoms with van der Waals surface area (Å²) in [4.78, 5) is 10.5. The lowest BCUT2D eigenvalue weighted by Crippen LogP contribution is -2.21. The Hall–Kier alpha value is -1.86. The van der Waals surface area contributed by atoms with Crippen molar-refractivity contribution in [1.82, 2.24) is 25.1 Å². The van der Waals surface area contributed by atoms with Gasteiger partial charge >= 0.3 is 0 Å². The second-order valence-corrected chi connectivity index (χ2v) is 5.76. The molecule has 0 radical (unpaired) electrons. The topological polar surface area (TPSA) is 66.9 Å². The number of aromatic amines is 1. The number of methoxy groups -OCH3 is 1. The van der Waals surface area contributed by atoms with E-state index >= 15 is 0 Å². The van der Waals surface area contributed by atoms with E-state index in [4.69, 9.17) is 4.74 Å². The summed E-state index contributed by atoms with van der Waals surface area (Å²) in [5.41, 5.74) is 0.665. The summed E-state index contributed by atoms with van der Waals surface area (Å²) in [6.07, 6.45) is 2.88. The quantitative estimate of drug-likeness (QED) is 0.907. The molecule has 22 heavy (non-hydrogen) atoms. The number of likely N-dealkylation sites (tertiary alicyclic amines) is 1. The van der Waals surface area contributed by atoms with Gasteiger partial charge in [-0.05, 0) is 13.0 Å². The third-order valence-electron chi connectivity index (χ3n) is 4.09. The van der Waals surface area contributed by atoms with Crippen molar-refractivity contribution in [2.24, 2.45) is 5.92 Å². The zero-order valence-electron chi connectivity index (χ0n) is 12.8. The Labute approximate surface area is 128 Å². The molecular weight excluding hydrogens is 285 g/mol. The van der Waals surface area contributed by atoms with Gasteiger partial charge in [-0.15, -0.1) is 0 Å². The number of H-pyrrole nitrogens is 1. The molecule has 0 saturated carbocycles. The number of nitrogens with one attached hydrogen (secondary N) is 1. The minimum absolute atomic E-state index is 0.204. The van der Waals surface area contributed by atoms with Gasteiger partial charge in [-0.2, -0.15) is 5.10 Å². The predicted molar refractivity (Wildman–Crippen MR) is 78.7 cm³/mol. The van der Waals surface area contributed by atoms with Crippen LogP contribution in [0.25, 0.3) is 0 Å². The number of hydrogen-bond donors (Lipinski definition) is 1. The maximum atomic E-state index is 13.8. The molecule has 1 fully saturated rings. The molecule has 0 aliphatic carbocycles. The first-order valence-corrected chi connectivity index (χ1v) is 7.36. The summed E-state index contributed by atoms with van der Waals surface area (Å²) < 4.78 is 19.1. The second kappa shape index (κ2) is 6.50. The van der Waals surface area contributed by atoms with Crippen LogP contribution in [0, 0.1) is 18.7 Å². The largest absolute Gasteiger partial charge is 0.384 e. The van der Waals surface area contributed by atoms with Crippen molar-refractivity contribution >= 4 is 0 Å². The molecule has 0 unspecified atom stereocenters. The summed E-state index contributed by atoms with van der Waals surface area (Å²) >= 11 is 0. The molecule has 1 aliphatic heterocycles. The van der Waals surface area contributed by atoms with Gasteiger partial charge in [0.1, 0.15) is 11.6 Å². The number of hydrogen-bond acceptors (Lipinski definition) is 5. The molecule has 3 rings (SSSR count). The SMILES string of the molecule is COC[C@@H]1CN(Cc2ccncc2F)C[C@H]1c1n[nH]c(C)n1. The van der Waals surface area contributed by atoms with Crippen LogP contribution in [0.2, 0.25) is 0 Å². The molecule has 1 N–H and O–H groups in total. The maximum Gasteiger partial charge on any atom is 0.155 e. The van der Waals surface area contributed by atoms with E-state index in [1.165, 1.54) is 6.20 Å². The summed E-state index contributed by atoms with van der Waals surface area (Å²) in [5, 5.41) is 7.18.